The molecule has 11 N–H and O–H groups in total. The normalized spacial score (nSPS) is 28.2. The maximum Gasteiger partial charge on any atom is 0.483 e. The first-order valence-corrected chi connectivity index (χ1v) is 20.2. The van der Waals surface area contributed by atoms with Crippen LogP contribution in [0.25, 0.3) is 21.6 Å². The molecule has 7 unspecified atom stereocenters. The number of carbonyl (C=O) groups excluding carboxylic acids is 1. The summed E-state index contributed by atoms with van der Waals surface area (Å²) in [5.74, 6) is -0.887. The molecule has 11 atom stereocenters. The number of imidazole rings is 1. The standard InChI is InChI=1S/C27H45N9O20P2/c28-27-33-23-17(24(43)34-27)31-13-36(23)25-21(41)19(39)15(53-25)12-52-57(44,45)56-58(46,47)55-26-22(42)20(40)18(38)14(54-26)11-30-16(37)1-3-48-5-7-50-9-10-51-8-6-49-4-2-32-35-29/h13-15,18-22,25-26,38-42H,1-12H2,(H,30,37)(H,44,45)(H,46,47)(H3,28,33,34,43)/t14?,15-,18-,19?,20?,21?,22?,25-,26-/m1/s1. The van der Waals surface area contributed by atoms with Crippen molar-refractivity contribution in [3.8, 4) is 0 Å². The molecule has 2 aromatic rings. The Morgan fingerprint density at radius 1 is 0.914 bits per heavy atom. The van der Waals surface area contributed by atoms with E-state index < -0.39 is 95.5 Å². The van der Waals surface area contributed by atoms with Crippen LogP contribution in [0.2, 0.25) is 0 Å². The number of fused-ring (bicyclic) bond motifs is 1. The summed E-state index contributed by atoms with van der Waals surface area (Å²) in [7, 11) is -11.3. The fourth-order valence-electron chi connectivity index (χ4n) is 5.25. The van der Waals surface area contributed by atoms with E-state index in [0.29, 0.717) is 26.4 Å². The van der Waals surface area contributed by atoms with Crippen molar-refractivity contribution in [1.82, 2.24) is 24.8 Å². The van der Waals surface area contributed by atoms with Crippen molar-refractivity contribution in [2.45, 2.75) is 61.7 Å². The highest BCUT2D eigenvalue weighted by Crippen LogP contribution is 2.61. The number of phosphoric acid groups is 2. The number of aliphatic hydroxyl groups excluding tert-OH is 5. The Balaban J connectivity index is 1.15. The molecule has 29 nitrogen and oxygen atoms in total. The number of nitrogens with zero attached hydrogens (tertiary/aromatic N) is 6. The SMILES string of the molecule is [N-]=[N+]=NCCOCCOCCOCCOCCC(=O)NCC1O[C@H](OP(=O)(O)OP(=O)(O)OC[C@H]2O[C@@H](n3cnc4c(=O)[nH]c(N)nc43)C(O)C2O)C(O)C(O)[C@@H]1O. The molecule has 0 bridgehead atoms. The number of anilines is 1. The number of nitrogens with one attached hydrogen (secondary N) is 2. The second-order valence-corrected chi connectivity index (χ2v) is 15.2. The first-order chi connectivity index (χ1) is 27.5. The van der Waals surface area contributed by atoms with Crippen LogP contribution in [0.3, 0.4) is 0 Å². The first kappa shape index (κ1) is 47.4. The highest BCUT2D eigenvalue weighted by Gasteiger charge is 2.50. The van der Waals surface area contributed by atoms with Crippen LogP contribution in [0.4, 0.5) is 5.95 Å². The molecule has 2 aromatic heterocycles. The lowest BCUT2D eigenvalue weighted by atomic mass is 9.99. The van der Waals surface area contributed by atoms with Gasteiger partial charge in [0.1, 0.15) is 42.7 Å². The third-order valence-electron chi connectivity index (χ3n) is 8.06. The zero-order valence-corrected chi connectivity index (χ0v) is 32.1. The van der Waals surface area contributed by atoms with Crippen LogP contribution < -0.4 is 16.6 Å². The first-order valence-electron chi connectivity index (χ1n) is 17.3. The number of rotatable bonds is 25. The van der Waals surface area contributed by atoms with Gasteiger partial charge in [0.05, 0.1) is 65.8 Å². The largest absolute Gasteiger partial charge is 0.483 e. The highest BCUT2D eigenvalue weighted by atomic mass is 31.3. The van der Waals surface area contributed by atoms with Gasteiger partial charge in [0, 0.05) is 24.4 Å². The van der Waals surface area contributed by atoms with Crippen molar-refractivity contribution in [3.63, 3.8) is 0 Å². The Morgan fingerprint density at radius 2 is 1.53 bits per heavy atom. The Hall–Kier alpha value is -3.25. The van der Waals surface area contributed by atoms with E-state index in [2.05, 4.69) is 43.7 Å². The number of nitrogen functional groups attached to an aromatic ring is 1. The fraction of sp³-hybridized carbons (Fsp3) is 0.778. The summed E-state index contributed by atoms with van der Waals surface area (Å²) in [6, 6.07) is 0. The summed E-state index contributed by atoms with van der Waals surface area (Å²) in [6.07, 6.45) is -15.6. The van der Waals surface area contributed by atoms with E-state index in [9.17, 15) is 54.0 Å². The average Bonchev–Trinajstić information content (AvgIpc) is 3.70. The molecule has 0 spiro atoms. The van der Waals surface area contributed by atoms with E-state index in [1.54, 1.807) is 0 Å². The summed E-state index contributed by atoms with van der Waals surface area (Å²) in [6.45, 7) is 0.563. The molecular weight excluding hydrogens is 832 g/mol. The zero-order valence-electron chi connectivity index (χ0n) is 30.4. The van der Waals surface area contributed by atoms with Gasteiger partial charge >= 0.3 is 15.6 Å². The summed E-state index contributed by atoms with van der Waals surface area (Å²) in [5, 5.41) is 57.7. The number of hydrogen-bond donors (Lipinski definition) is 10. The number of hydrogen-bond acceptors (Lipinski definition) is 22. The molecule has 0 aliphatic carbocycles. The summed E-state index contributed by atoms with van der Waals surface area (Å²) >= 11 is 0. The Morgan fingerprint density at radius 3 is 2.19 bits per heavy atom. The minimum atomic E-state index is -5.72. The van der Waals surface area contributed by atoms with Crippen LogP contribution in [0.5, 0.6) is 0 Å². The smallest absolute Gasteiger partial charge is 0.388 e. The van der Waals surface area contributed by atoms with Crippen LogP contribution in [0, 0.1) is 0 Å². The number of ether oxygens (including phenoxy) is 6. The van der Waals surface area contributed by atoms with Gasteiger partial charge in [0.15, 0.2) is 23.7 Å². The van der Waals surface area contributed by atoms with E-state index in [1.165, 1.54) is 0 Å². The van der Waals surface area contributed by atoms with Crippen LogP contribution in [-0.4, -0.2) is 182 Å². The lowest BCUT2D eigenvalue weighted by molar-refractivity contribution is -0.273. The predicted molar refractivity (Wildman–Crippen MR) is 188 cm³/mol. The Labute approximate surface area is 326 Å². The van der Waals surface area contributed by atoms with Gasteiger partial charge in [0.2, 0.25) is 11.9 Å². The summed E-state index contributed by atoms with van der Waals surface area (Å²) in [4.78, 5) is 57.4. The van der Waals surface area contributed by atoms with E-state index in [4.69, 9.17) is 39.7 Å². The molecule has 2 aliphatic rings. The minimum absolute atomic E-state index is 0.0293. The number of azide groups is 1. The molecule has 2 aliphatic heterocycles. The van der Waals surface area contributed by atoms with Crippen molar-refractivity contribution in [2.75, 3.05) is 78.3 Å². The zero-order chi connectivity index (χ0) is 42.5. The minimum Gasteiger partial charge on any atom is -0.388 e. The van der Waals surface area contributed by atoms with Crippen LogP contribution in [0.1, 0.15) is 12.6 Å². The molecule has 0 saturated carbocycles. The molecule has 4 heterocycles. The van der Waals surface area contributed by atoms with E-state index in [0.717, 1.165) is 10.9 Å². The third kappa shape index (κ3) is 13.9. The van der Waals surface area contributed by atoms with Gasteiger partial charge in [-0.25, -0.2) is 14.1 Å². The lowest BCUT2D eigenvalue weighted by Crippen LogP contribution is -2.60. The number of H-pyrrole nitrogens is 1. The Kier molecular flexibility index (Phi) is 18.3. The second-order valence-electron chi connectivity index (χ2n) is 12.2. The van der Waals surface area contributed by atoms with Gasteiger partial charge in [-0.2, -0.15) is 9.29 Å². The number of aliphatic hydroxyl groups is 5. The monoisotopic (exact) mass is 877 g/mol. The predicted octanol–water partition coefficient (Wildman–Crippen LogP) is -3.74. The second kappa shape index (κ2) is 22.4. The van der Waals surface area contributed by atoms with Gasteiger partial charge in [-0.05, 0) is 5.53 Å². The van der Waals surface area contributed by atoms with Gasteiger partial charge < -0.3 is 74.8 Å². The fourth-order valence-corrected chi connectivity index (χ4v) is 7.41. The Bertz CT molecular complexity index is 1840. The van der Waals surface area contributed by atoms with Gasteiger partial charge in [0.25, 0.3) is 5.56 Å². The van der Waals surface area contributed by atoms with Crippen molar-refractivity contribution in [2.24, 2.45) is 5.11 Å². The maximum atomic E-state index is 12.7. The van der Waals surface area contributed by atoms with Crippen LogP contribution >= 0.6 is 15.6 Å². The summed E-state index contributed by atoms with van der Waals surface area (Å²) in [5.41, 5.74) is 12.7. The molecule has 4 rings (SSSR count). The van der Waals surface area contributed by atoms with Crippen LogP contribution in [-0.2, 0) is 55.7 Å². The quantitative estimate of drug-likeness (QED) is 0.0151. The molecule has 1 amide bonds. The molecule has 0 aromatic carbocycles. The third-order valence-corrected chi connectivity index (χ3v) is 10.7. The van der Waals surface area contributed by atoms with Gasteiger partial charge in [-0.3, -0.25) is 28.2 Å². The molecule has 0 radical (unpaired) electrons. The lowest BCUT2D eigenvalue weighted by Gasteiger charge is -2.40. The molecular formula is C27H45N9O20P2. The molecule has 328 valence electrons. The average molecular weight is 878 g/mol. The van der Waals surface area contributed by atoms with Crippen molar-refractivity contribution >= 4 is 38.7 Å². The van der Waals surface area contributed by atoms with E-state index in [-0.39, 0.29) is 56.5 Å². The number of aromatic amines is 1. The summed E-state index contributed by atoms with van der Waals surface area (Å²) < 4.78 is 71.9. The van der Waals surface area contributed by atoms with Crippen molar-refractivity contribution in [1.29, 1.82) is 0 Å². The van der Waals surface area contributed by atoms with Gasteiger partial charge in [-0.15, -0.1) is 0 Å². The molecule has 58 heavy (non-hydrogen) atoms. The van der Waals surface area contributed by atoms with Crippen LogP contribution in [0.15, 0.2) is 16.2 Å². The number of carbonyl (C=O) groups is 1. The molecule has 31 heteroatoms. The van der Waals surface area contributed by atoms with Crippen molar-refractivity contribution < 1.29 is 91.0 Å². The maximum absolute atomic E-state index is 12.7. The van der Waals surface area contributed by atoms with Gasteiger partial charge in [-0.1, -0.05) is 5.11 Å². The number of aromatic nitrogens is 4. The number of amides is 1. The topological polar surface area (TPSA) is 426 Å². The van der Waals surface area contributed by atoms with Crippen molar-refractivity contribution in [3.05, 3.63) is 27.1 Å². The molecule has 2 fully saturated rings. The van der Waals surface area contributed by atoms with E-state index >= 15 is 0 Å². The number of nitrogens with two attached hydrogens (primary N) is 1. The highest BCUT2D eigenvalue weighted by molar-refractivity contribution is 7.61. The molecule has 2 saturated heterocycles. The number of phosphoric ester groups is 2. The van der Waals surface area contributed by atoms with E-state index in [1.807, 2.05) is 0 Å².